The number of hydrogen-bond donors (Lipinski definition) is 1. The quantitative estimate of drug-likeness (QED) is 0.867. The maximum Gasteiger partial charge on any atom is 0.248 e. The second-order valence-electron chi connectivity index (χ2n) is 3.35. The zero-order valence-electron chi connectivity index (χ0n) is 9.03. The number of hydrogen-bond acceptors (Lipinski definition) is 4. The van der Waals surface area contributed by atoms with E-state index in [-0.39, 0.29) is 16.0 Å². The van der Waals surface area contributed by atoms with Crippen LogP contribution in [-0.4, -0.2) is 18.7 Å². The van der Waals surface area contributed by atoms with Gasteiger partial charge in [0, 0.05) is 0 Å². The average Bonchev–Trinajstić information content (AvgIpc) is 2.22. The number of halogens is 2. The number of nitrogens with zero attached hydrogens (tertiary/aromatic N) is 2. The molecule has 5 nitrogen and oxygen atoms in total. The van der Waals surface area contributed by atoms with Crippen LogP contribution < -0.4 is 4.72 Å². The highest BCUT2D eigenvalue weighted by molar-refractivity contribution is 7.93. The van der Waals surface area contributed by atoms with Gasteiger partial charge in [-0.25, -0.2) is 13.4 Å². The summed E-state index contributed by atoms with van der Waals surface area (Å²) in [6.45, 7) is 2.91. The Kier molecular flexibility index (Phi) is 4.20. The fraction of sp³-hybridized carbons (Fsp3) is 0.333. The van der Waals surface area contributed by atoms with E-state index >= 15 is 0 Å². The molecule has 0 saturated heterocycles. The zero-order valence-corrected chi connectivity index (χ0v) is 11.4. The van der Waals surface area contributed by atoms with Gasteiger partial charge < -0.3 is 0 Å². The van der Waals surface area contributed by atoms with E-state index in [1.807, 2.05) is 0 Å². The van der Waals surface area contributed by atoms with Crippen LogP contribution in [0.2, 0.25) is 10.3 Å². The number of rotatable bonds is 3. The summed E-state index contributed by atoms with van der Waals surface area (Å²) >= 11 is 11.4. The van der Waals surface area contributed by atoms with Crippen LogP contribution in [0.5, 0.6) is 0 Å². The minimum atomic E-state index is -3.80. The van der Waals surface area contributed by atoms with Gasteiger partial charge in [0.1, 0.15) is 5.15 Å². The molecule has 0 aliphatic heterocycles. The number of nitriles is 1. The molecule has 0 bridgehead atoms. The Bertz CT molecular complexity index is 557. The maximum atomic E-state index is 11.7. The van der Waals surface area contributed by atoms with Crippen molar-refractivity contribution in [2.75, 3.05) is 4.72 Å². The molecule has 1 unspecified atom stereocenters. The summed E-state index contributed by atoms with van der Waals surface area (Å²) in [5.74, 6) is 0. The van der Waals surface area contributed by atoms with E-state index in [9.17, 15) is 8.42 Å². The number of aromatic nitrogens is 1. The third-order valence-corrected chi connectivity index (χ3v) is 4.02. The third kappa shape index (κ3) is 3.22. The van der Waals surface area contributed by atoms with Gasteiger partial charge in [-0.05, 0) is 25.5 Å². The van der Waals surface area contributed by atoms with Gasteiger partial charge in [0.05, 0.1) is 11.8 Å². The third-order valence-electron chi connectivity index (χ3n) is 2.03. The Morgan fingerprint density at radius 1 is 1.53 bits per heavy atom. The number of anilines is 1. The first-order valence-corrected chi connectivity index (χ1v) is 6.82. The fourth-order valence-electron chi connectivity index (χ4n) is 1.02. The Hall–Kier alpha value is -1.03. The molecule has 1 rings (SSSR count). The molecule has 0 aliphatic carbocycles. The van der Waals surface area contributed by atoms with Crippen LogP contribution in [0.1, 0.15) is 12.5 Å². The van der Waals surface area contributed by atoms with E-state index in [0.717, 1.165) is 0 Å². The molecule has 0 fully saturated rings. The molecule has 0 amide bonds. The number of aryl methyl sites for hydroxylation is 1. The van der Waals surface area contributed by atoms with Gasteiger partial charge >= 0.3 is 0 Å². The molecule has 0 aliphatic rings. The number of pyridine rings is 1. The lowest BCUT2D eigenvalue weighted by molar-refractivity contribution is 0.597. The molecule has 1 N–H and O–H groups in total. The van der Waals surface area contributed by atoms with Gasteiger partial charge in [-0.3, -0.25) is 4.72 Å². The van der Waals surface area contributed by atoms with Crippen LogP contribution in [-0.2, 0) is 10.0 Å². The largest absolute Gasteiger partial charge is 0.279 e. The van der Waals surface area contributed by atoms with E-state index in [1.54, 1.807) is 13.0 Å². The van der Waals surface area contributed by atoms with Crippen molar-refractivity contribution in [3.63, 3.8) is 0 Å². The van der Waals surface area contributed by atoms with E-state index in [2.05, 4.69) is 9.71 Å². The summed E-state index contributed by atoms with van der Waals surface area (Å²) in [5, 5.41) is 7.52. The molecule has 0 spiro atoms. The van der Waals surface area contributed by atoms with Crippen LogP contribution in [0.4, 0.5) is 5.69 Å². The first-order valence-electron chi connectivity index (χ1n) is 4.52. The van der Waals surface area contributed by atoms with E-state index in [0.29, 0.717) is 5.56 Å². The molecule has 0 saturated carbocycles. The van der Waals surface area contributed by atoms with Crippen molar-refractivity contribution in [1.82, 2.24) is 4.98 Å². The molecule has 1 heterocycles. The first-order chi connectivity index (χ1) is 7.77. The summed E-state index contributed by atoms with van der Waals surface area (Å²) < 4.78 is 25.6. The number of nitrogens with one attached hydrogen (secondary N) is 1. The van der Waals surface area contributed by atoms with Crippen molar-refractivity contribution in [2.24, 2.45) is 0 Å². The lowest BCUT2D eigenvalue weighted by Gasteiger charge is -2.12. The van der Waals surface area contributed by atoms with E-state index in [1.165, 1.54) is 13.0 Å². The summed E-state index contributed by atoms with van der Waals surface area (Å²) in [6, 6.07) is 3.11. The minimum Gasteiger partial charge on any atom is -0.279 e. The number of sulfonamides is 1. The van der Waals surface area contributed by atoms with Gasteiger partial charge in [-0.1, -0.05) is 23.2 Å². The van der Waals surface area contributed by atoms with Crippen LogP contribution in [0, 0.1) is 18.3 Å². The Morgan fingerprint density at radius 3 is 2.59 bits per heavy atom. The summed E-state index contributed by atoms with van der Waals surface area (Å²) in [5.41, 5.74) is 0.668. The van der Waals surface area contributed by atoms with Crippen molar-refractivity contribution in [1.29, 1.82) is 5.26 Å². The minimum absolute atomic E-state index is 0.0521. The highest BCUT2D eigenvalue weighted by Crippen LogP contribution is 2.27. The maximum absolute atomic E-state index is 11.7. The Morgan fingerprint density at radius 2 is 2.12 bits per heavy atom. The van der Waals surface area contributed by atoms with Crippen molar-refractivity contribution in [2.45, 2.75) is 19.1 Å². The first kappa shape index (κ1) is 14.0. The molecular formula is C9H9Cl2N3O2S. The summed E-state index contributed by atoms with van der Waals surface area (Å²) in [7, 11) is -3.80. The highest BCUT2D eigenvalue weighted by Gasteiger charge is 2.22. The molecule has 1 atom stereocenters. The summed E-state index contributed by atoms with van der Waals surface area (Å²) in [6.07, 6.45) is 0. The molecular weight excluding hydrogens is 285 g/mol. The van der Waals surface area contributed by atoms with Crippen LogP contribution in [0.15, 0.2) is 6.07 Å². The fourth-order valence-corrected chi connectivity index (χ4v) is 2.51. The van der Waals surface area contributed by atoms with Gasteiger partial charge in [0.2, 0.25) is 10.0 Å². The standard InChI is InChI=1S/C9H9Cl2N3O2S/c1-5-3-7(10)13-9(11)8(5)14-17(15,16)6(2)4-12/h3,6,14H,1-2H3. The molecule has 0 aromatic carbocycles. The normalized spacial score (nSPS) is 12.9. The zero-order chi connectivity index (χ0) is 13.2. The lowest BCUT2D eigenvalue weighted by Crippen LogP contribution is -2.24. The molecule has 0 radical (unpaired) electrons. The van der Waals surface area contributed by atoms with Gasteiger partial charge in [-0.2, -0.15) is 5.26 Å². The lowest BCUT2D eigenvalue weighted by atomic mass is 10.3. The predicted molar refractivity (Wildman–Crippen MR) is 66.6 cm³/mol. The van der Waals surface area contributed by atoms with Gasteiger partial charge in [-0.15, -0.1) is 0 Å². The van der Waals surface area contributed by atoms with E-state index in [4.69, 9.17) is 28.5 Å². The van der Waals surface area contributed by atoms with Gasteiger partial charge in [0.25, 0.3) is 0 Å². The molecule has 1 aromatic heterocycles. The summed E-state index contributed by atoms with van der Waals surface area (Å²) in [4.78, 5) is 3.72. The molecule has 17 heavy (non-hydrogen) atoms. The second kappa shape index (κ2) is 5.08. The monoisotopic (exact) mass is 293 g/mol. The van der Waals surface area contributed by atoms with E-state index < -0.39 is 15.3 Å². The molecule has 8 heteroatoms. The molecule has 92 valence electrons. The SMILES string of the molecule is Cc1cc(Cl)nc(Cl)c1NS(=O)(=O)C(C)C#N. The Labute approximate surface area is 109 Å². The molecule has 1 aromatic rings. The second-order valence-corrected chi connectivity index (χ2v) is 6.09. The van der Waals surface area contributed by atoms with Crippen molar-refractivity contribution in [3.8, 4) is 6.07 Å². The average molecular weight is 294 g/mol. The van der Waals surface area contributed by atoms with Crippen LogP contribution in [0.25, 0.3) is 0 Å². The Balaban J connectivity index is 3.18. The van der Waals surface area contributed by atoms with Crippen molar-refractivity contribution >= 4 is 38.9 Å². The predicted octanol–water partition coefficient (Wildman–Crippen LogP) is 2.35. The van der Waals surface area contributed by atoms with Gasteiger partial charge in [0.15, 0.2) is 10.4 Å². The van der Waals surface area contributed by atoms with Crippen LogP contribution >= 0.6 is 23.2 Å². The smallest absolute Gasteiger partial charge is 0.248 e. The highest BCUT2D eigenvalue weighted by atomic mass is 35.5. The topological polar surface area (TPSA) is 82.8 Å². The van der Waals surface area contributed by atoms with Crippen molar-refractivity contribution < 1.29 is 8.42 Å². The van der Waals surface area contributed by atoms with Crippen LogP contribution in [0.3, 0.4) is 0 Å². The van der Waals surface area contributed by atoms with Crippen molar-refractivity contribution in [3.05, 3.63) is 21.9 Å².